The largest absolute Gasteiger partial charge is 0.292 e. The molecule has 1 heterocycles. The molecule has 1 aliphatic heterocycles. The highest BCUT2D eigenvalue weighted by molar-refractivity contribution is 7.80. The topological polar surface area (TPSA) is 3.24 Å². The Bertz CT molecular complexity index is 109. The molecule has 0 aromatic rings. The van der Waals surface area contributed by atoms with Gasteiger partial charge in [0.2, 0.25) is 0 Å². The number of nitrogens with zero attached hydrogens (tertiary/aromatic N) is 1. The SMILES string of the molecule is CC(C)C1CCN(C(C)S)C1. The standard InChI is InChI=1S/C9H19NS/c1-7(2)9-4-5-10(6-9)8(3)11/h7-9,11H,4-6H2,1-3H3. The van der Waals surface area contributed by atoms with Gasteiger partial charge in [-0.2, -0.15) is 12.6 Å². The van der Waals surface area contributed by atoms with E-state index in [0.717, 1.165) is 11.8 Å². The van der Waals surface area contributed by atoms with Crippen LogP contribution >= 0.6 is 12.6 Å². The van der Waals surface area contributed by atoms with Gasteiger partial charge in [-0.25, -0.2) is 0 Å². The van der Waals surface area contributed by atoms with Crippen LogP contribution in [0.15, 0.2) is 0 Å². The molecule has 0 N–H and O–H groups in total. The summed E-state index contributed by atoms with van der Waals surface area (Å²) in [4.78, 5) is 2.45. The van der Waals surface area contributed by atoms with E-state index < -0.39 is 0 Å². The smallest absolute Gasteiger partial charge is 0.0499 e. The first kappa shape index (κ1) is 9.40. The molecule has 1 saturated heterocycles. The average Bonchev–Trinajstić information content (AvgIpc) is 2.33. The van der Waals surface area contributed by atoms with E-state index in [4.69, 9.17) is 0 Å². The Morgan fingerprint density at radius 3 is 2.27 bits per heavy atom. The number of hydrogen-bond acceptors (Lipinski definition) is 2. The Labute approximate surface area is 75.6 Å². The molecule has 2 atom stereocenters. The third-order valence-corrected chi connectivity index (χ3v) is 3.05. The maximum atomic E-state index is 4.43. The van der Waals surface area contributed by atoms with Crippen molar-refractivity contribution >= 4 is 12.6 Å². The zero-order valence-corrected chi connectivity index (χ0v) is 8.64. The molecule has 0 aromatic carbocycles. The average molecular weight is 173 g/mol. The molecule has 0 aromatic heterocycles. The van der Waals surface area contributed by atoms with E-state index in [2.05, 4.69) is 38.3 Å². The maximum absolute atomic E-state index is 4.43. The van der Waals surface area contributed by atoms with E-state index in [1.165, 1.54) is 19.5 Å². The molecule has 2 unspecified atom stereocenters. The fourth-order valence-corrected chi connectivity index (χ4v) is 1.91. The van der Waals surface area contributed by atoms with Gasteiger partial charge in [0.1, 0.15) is 0 Å². The summed E-state index contributed by atoms with van der Waals surface area (Å²) < 4.78 is 0. The monoisotopic (exact) mass is 173 g/mol. The zero-order chi connectivity index (χ0) is 8.43. The third-order valence-electron chi connectivity index (χ3n) is 2.73. The van der Waals surface area contributed by atoms with Crippen molar-refractivity contribution in [2.45, 2.75) is 32.6 Å². The molecule has 66 valence electrons. The highest BCUT2D eigenvalue weighted by atomic mass is 32.1. The summed E-state index contributed by atoms with van der Waals surface area (Å²) in [6.45, 7) is 9.29. The molecule has 11 heavy (non-hydrogen) atoms. The van der Waals surface area contributed by atoms with Crippen molar-refractivity contribution in [1.82, 2.24) is 4.90 Å². The first-order chi connectivity index (χ1) is 5.11. The number of thiol groups is 1. The molecule has 0 spiro atoms. The summed E-state index contributed by atoms with van der Waals surface area (Å²) in [5.41, 5.74) is 0. The van der Waals surface area contributed by atoms with Gasteiger partial charge in [-0.15, -0.1) is 0 Å². The van der Waals surface area contributed by atoms with Crippen molar-refractivity contribution in [2.24, 2.45) is 11.8 Å². The molecule has 0 radical (unpaired) electrons. The third kappa shape index (κ3) is 2.38. The van der Waals surface area contributed by atoms with Crippen molar-refractivity contribution in [3.8, 4) is 0 Å². The summed E-state index contributed by atoms with van der Waals surface area (Å²) in [5.74, 6) is 1.75. The van der Waals surface area contributed by atoms with Gasteiger partial charge in [0.05, 0.1) is 0 Å². The van der Waals surface area contributed by atoms with Gasteiger partial charge in [0.15, 0.2) is 0 Å². The molecule has 0 bridgehead atoms. The molecule has 0 amide bonds. The normalized spacial score (nSPS) is 29.7. The Kier molecular flexibility index (Phi) is 3.26. The number of likely N-dealkylation sites (tertiary alicyclic amines) is 1. The molecular formula is C9H19NS. The minimum Gasteiger partial charge on any atom is -0.292 e. The summed E-state index contributed by atoms with van der Waals surface area (Å²) in [7, 11) is 0. The first-order valence-corrected chi connectivity index (χ1v) is 5.05. The van der Waals surface area contributed by atoms with Crippen LogP contribution in [-0.4, -0.2) is 23.4 Å². The van der Waals surface area contributed by atoms with E-state index in [1.807, 2.05) is 0 Å². The minimum atomic E-state index is 0.443. The van der Waals surface area contributed by atoms with Crippen molar-refractivity contribution in [1.29, 1.82) is 0 Å². The summed E-state index contributed by atoms with van der Waals surface area (Å²) in [6, 6.07) is 0. The lowest BCUT2D eigenvalue weighted by molar-refractivity contribution is 0.299. The van der Waals surface area contributed by atoms with E-state index in [0.29, 0.717) is 5.37 Å². The first-order valence-electron chi connectivity index (χ1n) is 4.53. The van der Waals surface area contributed by atoms with Gasteiger partial charge < -0.3 is 0 Å². The molecular weight excluding hydrogens is 154 g/mol. The van der Waals surface area contributed by atoms with E-state index in [1.54, 1.807) is 0 Å². The lowest BCUT2D eigenvalue weighted by atomic mass is 9.95. The summed E-state index contributed by atoms with van der Waals surface area (Å²) >= 11 is 4.43. The quantitative estimate of drug-likeness (QED) is 0.627. The van der Waals surface area contributed by atoms with Crippen LogP contribution in [0.5, 0.6) is 0 Å². The minimum absolute atomic E-state index is 0.443. The predicted octanol–water partition coefficient (Wildman–Crippen LogP) is 2.24. The molecule has 0 saturated carbocycles. The van der Waals surface area contributed by atoms with Gasteiger partial charge >= 0.3 is 0 Å². The van der Waals surface area contributed by atoms with Crippen molar-refractivity contribution in [3.05, 3.63) is 0 Å². The van der Waals surface area contributed by atoms with Crippen LogP contribution < -0.4 is 0 Å². The van der Waals surface area contributed by atoms with Crippen LogP contribution in [-0.2, 0) is 0 Å². The highest BCUT2D eigenvalue weighted by Gasteiger charge is 2.26. The van der Waals surface area contributed by atoms with Gasteiger partial charge in [-0.05, 0) is 31.7 Å². The highest BCUT2D eigenvalue weighted by Crippen LogP contribution is 2.25. The van der Waals surface area contributed by atoms with Crippen molar-refractivity contribution in [2.75, 3.05) is 13.1 Å². The van der Waals surface area contributed by atoms with Gasteiger partial charge in [-0.1, -0.05) is 13.8 Å². The Morgan fingerprint density at radius 2 is 2.00 bits per heavy atom. The predicted molar refractivity (Wildman–Crippen MR) is 53.0 cm³/mol. The Morgan fingerprint density at radius 1 is 1.36 bits per heavy atom. The molecule has 1 fully saturated rings. The fourth-order valence-electron chi connectivity index (χ4n) is 1.70. The lowest BCUT2D eigenvalue weighted by Crippen LogP contribution is -2.27. The Hall–Kier alpha value is 0.310. The lowest BCUT2D eigenvalue weighted by Gasteiger charge is -2.20. The maximum Gasteiger partial charge on any atom is 0.0499 e. The Balaban J connectivity index is 2.35. The molecule has 1 aliphatic rings. The molecule has 1 nitrogen and oxygen atoms in total. The van der Waals surface area contributed by atoms with Crippen molar-refractivity contribution < 1.29 is 0 Å². The number of rotatable bonds is 2. The second-order valence-corrected chi connectivity index (χ2v) is 4.67. The van der Waals surface area contributed by atoms with Crippen LogP contribution in [0.3, 0.4) is 0 Å². The van der Waals surface area contributed by atoms with Crippen LogP contribution in [0.2, 0.25) is 0 Å². The van der Waals surface area contributed by atoms with E-state index in [-0.39, 0.29) is 0 Å². The van der Waals surface area contributed by atoms with Crippen LogP contribution in [0, 0.1) is 11.8 Å². The summed E-state index contributed by atoms with van der Waals surface area (Å²) in [5, 5.41) is 0.443. The van der Waals surface area contributed by atoms with Gasteiger partial charge in [0, 0.05) is 11.9 Å². The van der Waals surface area contributed by atoms with Gasteiger partial charge in [0.25, 0.3) is 0 Å². The van der Waals surface area contributed by atoms with Crippen LogP contribution in [0.25, 0.3) is 0 Å². The second kappa shape index (κ2) is 3.81. The number of hydrogen-bond donors (Lipinski definition) is 1. The summed E-state index contributed by atoms with van der Waals surface area (Å²) in [6.07, 6.45) is 1.36. The zero-order valence-electron chi connectivity index (χ0n) is 7.75. The van der Waals surface area contributed by atoms with Crippen molar-refractivity contribution in [3.63, 3.8) is 0 Å². The van der Waals surface area contributed by atoms with Gasteiger partial charge in [-0.3, -0.25) is 4.90 Å². The van der Waals surface area contributed by atoms with E-state index in [9.17, 15) is 0 Å². The second-order valence-electron chi connectivity index (χ2n) is 3.92. The van der Waals surface area contributed by atoms with E-state index >= 15 is 0 Å². The molecule has 1 rings (SSSR count). The fraction of sp³-hybridized carbons (Fsp3) is 1.00. The van der Waals surface area contributed by atoms with Crippen LogP contribution in [0.4, 0.5) is 0 Å². The molecule has 2 heteroatoms. The molecule has 0 aliphatic carbocycles. The van der Waals surface area contributed by atoms with Crippen LogP contribution in [0.1, 0.15) is 27.2 Å².